The minimum atomic E-state index is 0.623. The fraction of sp³-hybridized carbons (Fsp3) is 0.158. The number of alkyl halides is 1. The van der Waals surface area contributed by atoms with Crippen molar-refractivity contribution in [2.24, 2.45) is 0 Å². The molecule has 20 heavy (non-hydrogen) atoms. The second-order valence-corrected chi connectivity index (χ2v) is 5.56. The van der Waals surface area contributed by atoms with Crippen LogP contribution in [0.3, 0.4) is 0 Å². The highest BCUT2D eigenvalue weighted by Gasteiger charge is 2.25. The Kier molecular flexibility index (Phi) is 3.50. The quantitative estimate of drug-likeness (QED) is 0.656. The molecule has 0 amide bonds. The van der Waals surface area contributed by atoms with Crippen molar-refractivity contribution in [2.75, 3.05) is 5.88 Å². The first-order valence-electron chi connectivity index (χ1n) is 6.87. The Morgan fingerprint density at radius 2 is 1.75 bits per heavy atom. The van der Waals surface area contributed by atoms with Crippen molar-refractivity contribution in [3.63, 3.8) is 0 Å². The predicted molar refractivity (Wildman–Crippen MR) is 88.0 cm³/mol. The molecule has 0 aliphatic heterocycles. The first-order chi connectivity index (χ1) is 9.72. The molecular formula is C19H17Cl. The molecule has 0 saturated heterocycles. The molecule has 0 unspecified atom stereocenters. The first kappa shape index (κ1) is 13.2. The summed E-state index contributed by atoms with van der Waals surface area (Å²) in [6.07, 6.45) is 0.859. The molecule has 0 nitrogen and oxygen atoms in total. The normalized spacial score (nSPS) is 13.8. The van der Waals surface area contributed by atoms with Gasteiger partial charge >= 0.3 is 0 Å². The number of halogens is 1. The van der Waals surface area contributed by atoms with Crippen LogP contribution in [0, 0.1) is 6.92 Å². The highest BCUT2D eigenvalue weighted by molar-refractivity contribution is 6.18. The molecule has 0 spiro atoms. The van der Waals surface area contributed by atoms with Crippen LogP contribution >= 0.6 is 11.6 Å². The van der Waals surface area contributed by atoms with Gasteiger partial charge in [-0.05, 0) is 46.8 Å². The second-order valence-electron chi connectivity index (χ2n) is 5.19. The fourth-order valence-corrected chi connectivity index (χ4v) is 3.10. The molecule has 2 aromatic rings. The maximum atomic E-state index is 6.00. The van der Waals surface area contributed by atoms with Gasteiger partial charge in [-0.1, -0.05) is 60.7 Å². The second kappa shape index (κ2) is 5.30. The minimum Gasteiger partial charge on any atom is -0.126 e. The molecule has 1 aliphatic rings. The molecule has 2 aromatic carbocycles. The maximum Gasteiger partial charge on any atom is 0.0264 e. The number of benzene rings is 2. The summed E-state index contributed by atoms with van der Waals surface area (Å²) in [5.41, 5.74) is 8.76. The Balaban J connectivity index is 2.24. The van der Waals surface area contributed by atoms with Gasteiger partial charge in [0.1, 0.15) is 0 Å². The predicted octanol–water partition coefficient (Wildman–Crippen LogP) is 5.45. The van der Waals surface area contributed by atoms with Crippen molar-refractivity contribution in [1.29, 1.82) is 0 Å². The van der Waals surface area contributed by atoms with E-state index >= 15 is 0 Å². The van der Waals surface area contributed by atoms with Gasteiger partial charge in [0.25, 0.3) is 0 Å². The van der Waals surface area contributed by atoms with Gasteiger partial charge in [0.2, 0.25) is 0 Å². The van der Waals surface area contributed by atoms with Crippen molar-refractivity contribution in [3.8, 4) is 0 Å². The lowest BCUT2D eigenvalue weighted by molar-refractivity contribution is 1.18. The van der Waals surface area contributed by atoms with Crippen molar-refractivity contribution >= 4 is 22.7 Å². The molecule has 1 aliphatic carbocycles. The summed E-state index contributed by atoms with van der Waals surface area (Å²) in [4.78, 5) is 0. The third kappa shape index (κ3) is 2.10. The zero-order valence-corrected chi connectivity index (χ0v) is 12.4. The summed E-state index contributed by atoms with van der Waals surface area (Å²) in [6, 6.07) is 17.1. The van der Waals surface area contributed by atoms with Gasteiger partial charge < -0.3 is 0 Å². The molecule has 0 fully saturated rings. The monoisotopic (exact) mass is 280 g/mol. The van der Waals surface area contributed by atoms with E-state index in [9.17, 15) is 0 Å². The van der Waals surface area contributed by atoms with E-state index in [4.69, 9.17) is 11.6 Å². The Bertz CT molecular complexity index is 693. The van der Waals surface area contributed by atoms with E-state index < -0.39 is 0 Å². The summed E-state index contributed by atoms with van der Waals surface area (Å²) in [5.74, 6) is 0.623. The van der Waals surface area contributed by atoms with E-state index in [0.29, 0.717) is 5.88 Å². The van der Waals surface area contributed by atoms with E-state index in [1.165, 1.54) is 33.4 Å². The Hall–Kier alpha value is -1.79. The number of aryl methyl sites for hydroxylation is 1. The summed E-state index contributed by atoms with van der Waals surface area (Å²) in [5, 5.41) is 0. The third-order valence-corrected chi connectivity index (χ3v) is 4.03. The van der Waals surface area contributed by atoms with Crippen LogP contribution in [-0.2, 0) is 0 Å². The van der Waals surface area contributed by atoms with E-state index in [2.05, 4.69) is 56.0 Å². The van der Waals surface area contributed by atoms with Crippen molar-refractivity contribution in [2.45, 2.75) is 13.3 Å². The van der Waals surface area contributed by atoms with E-state index in [0.717, 1.165) is 12.0 Å². The van der Waals surface area contributed by atoms with Crippen LogP contribution in [0.2, 0.25) is 0 Å². The Labute approximate surface area is 125 Å². The van der Waals surface area contributed by atoms with Crippen LogP contribution in [0.15, 0.2) is 60.7 Å². The van der Waals surface area contributed by atoms with E-state index in [-0.39, 0.29) is 0 Å². The number of allylic oxidation sites excluding steroid dienone is 2. The van der Waals surface area contributed by atoms with Gasteiger partial charge in [-0.3, -0.25) is 0 Å². The van der Waals surface area contributed by atoms with Gasteiger partial charge in [0.05, 0.1) is 0 Å². The third-order valence-electron chi connectivity index (χ3n) is 3.84. The van der Waals surface area contributed by atoms with Crippen molar-refractivity contribution < 1.29 is 0 Å². The average Bonchev–Trinajstić information content (AvgIpc) is 2.73. The fourth-order valence-electron chi connectivity index (χ4n) is 2.91. The van der Waals surface area contributed by atoms with E-state index in [1.54, 1.807) is 0 Å². The van der Waals surface area contributed by atoms with Gasteiger partial charge in [0, 0.05) is 5.88 Å². The summed E-state index contributed by atoms with van der Waals surface area (Å²) < 4.78 is 0. The molecule has 0 atom stereocenters. The minimum absolute atomic E-state index is 0.623. The van der Waals surface area contributed by atoms with E-state index in [1.807, 2.05) is 6.07 Å². The Morgan fingerprint density at radius 1 is 1.00 bits per heavy atom. The molecule has 0 N–H and O–H groups in total. The number of fused-ring (bicyclic) bond motifs is 1. The lowest BCUT2D eigenvalue weighted by Crippen LogP contribution is -1.89. The first-order valence-corrected chi connectivity index (χ1v) is 7.41. The summed E-state index contributed by atoms with van der Waals surface area (Å²) >= 11 is 6.00. The number of rotatable bonds is 3. The van der Waals surface area contributed by atoms with Crippen LogP contribution < -0.4 is 0 Å². The highest BCUT2D eigenvalue weighted by Crippen LogP contribution is 2.45. The van der Waals surface area contributed by atoms with Crippen LogP contribution in [0.5, 0.6) is 0 Å². The molecule has 0 aromatic heterocycles. The highest BCUT2D eigenvalue weighted by atomic mass is 35.5. The van der Waals surface area contributed by atoms with Gasteiger partial charge in [-0.2, -0.15) is 0 Å². The molecule has 0 saturated carbocycles. The summed E-state index contributed by atoms with van der Waals surface area (Å²) in [6.45, 7) is 6.42. The maximum absolute atomic E-state index is 6.00. The molecular weight excluding hydrogens is 264 g/mol. The topological polar surface area (TPSA) is 0 Å². The van der Waals surface area contributed by atoms with Gasteiger partial charge in [-0.15, -0.1) is 11.6 Å². The molecule has 0 bridgehead atoms. The van der Waals surface area contributed by atoms with Crippen LogP contribution in [0.25, 0.3) is 11.1 Å². The molecule has 3 rings (SSSR count). The largest absolute Gasteiger partial charge is 0.126 e. The Morgan fingerprint density at radius 3 is 2.45 bits per heavy atom. The lowest BCUT2D eigenvalue weighted by Gasteiger charge is -2.08. The molecule has 0 radical (unpaired) electrons. The van der Waals surface area contributed by atoms with Gasteiger partial charge in [-0.25, -0.2) is 0 Å². The van der Waals surface area contributed by atoms with Crippen molar-refractivity contribution in [1.82, 2.24) is 0 Å². The SMILES string of the molecule is C=C1C(CCCl)=C(c2ccccc2)c2ccc(C)cc21. The summed E-state index contributed by atoms with van der Waals surface area (Å²) in [7, 11) is 0. The lowest BCUT2D eigenvalue weighted by atomic mass is 9.96. The van der Waals surface area contributed by atoms with Crippen LogP contribution in [-0.4, -0.2) is 5.88 Å². The zero-order valence-electron chi connectivity index (χ0n) is 11.6. The smallest absolute Gasteiger partial charge is 0.0264 e. The van der Waals surface area contributed by atoms with Gasteiger partial charge in [0.15, 0.2) is 0 Å². The number of hydrogen-bond donors (Lipinski definition) is 0. The average molecular weight is 281 g/mol. The van der Waals surface area contributed by atoms with Crippen LogP contribution in [0.4, 0.5) is 0 Å². The molecule has 1 heteroatoms. The number of hydrogen-bond acceptors (Lipinski definition) is 0. The standard InChI is InChI=1S/C19H17Cl/c1-13-8-9-17-18(12-13)14(2)16(10-11-20)19(17)15-6-4-3-5-7-15/h3-9,12H,2,10-11H2,1H3. The zero-order chi connectivity index (χ0) is 14.1. The van der Waals surface area contributed by atoms with Crippen LogP contribution in [0.1, 0.15) is 28.7 Å². The molecule has 0 heterocycles. The molecule has 100 valence electrons. The van der Waals surface area contributed by atoms with Crippen molar-refractivity contribution in [3.05, 3.63) is 82.9 Å².